The van der Waals surface area contributed by atoms with Crippen molar-refractivity contribution in [2.75, 3.05) is 19.7 Å². The molecule has 5 rings (SSSR count). The van der Waals surface area contributed by atoms with Gasteiger partial charge in [-0.25, -0.2) is 4.39 Å². The number of fused-ring (bicyclic) bond motifs is 1. The van der Waals surface area contributed by atoms with E-state index in [-0.39, 0.29) is 23.9 Å². The molecule has 0 bridgehead atoms. The number of carboxylic acids is 2. The normalized spacial score (nSPS) is 24.0. The standard InChI is InChI=1S/C22H27FN4O2.2C2H4O2/c23-17-3-1-2-14(6-17)21-18(11-25-27-21)22(28)26-19-7-15-9-24-10-16(15)8-20(19)29-12-13-4-5-13;2*1-2(3)4/h1-3,6,11,13,15-16,19-20,24H,4-5,7-10,12H2,(H,25,27)(H,26,28);2*1H3,(H,3,4)/t15-,16+,19-,20-;;/m0../s1. The zero-order valence-electron chi connectivity index (χ0n) is 21.1. The topological polar surface area (TPSA) is 154 Å². The van der Waals surface area contributed by atoms with Gasteiger partial charge in [-0.3, -0.25) is 19.5 Å². The first-order valence-corrected chi connectivity index (χ1v) is 12.5. The fourth-order valence-corrected chi connectivity index (χ4v) is 4.73. The lowest BCUT2D eigenvalue weighted by Gasteiger charge is -2.38. The van der Waals surface area contributed by atoms with Crippen LogP contribution in [0, 0.1) is 23.6 Å². The van der Waals surface area contributed by atoms with E-state index < -0.39 is 11.9 Å². The number of halogens is 1. The number of ether oxygens (including phenoxy) is 1. The van der Waals surface area contributed by atoms with E-state index >= 15 is 0 Å². The van der Waals surface area contributed by atoms with Crippen LogP contribution in [0.3, 0.4) is 0 Å². The first kappa shape index (κ1) is 28.3. The predicted molar refractivity (Wildman–Crippen MR) is 133 cm³/mol. The molecule has 11 heteroatoms. The summed E-state index contributed by atoms with van der Waals surface area (Å²) in [7, 11) is 0. The quantitative estimate of drug-likeness (QED) is 0.391. The maximum Gasteiger partial charge on any atom is 0.300 e. The van der Waals surface area contributed by atoms with Gasteiger partial charge in [-0.2, -0.15) is 5.10 Å². The van der Waals surface area contributed by atoms with Gasteiger partial charge in [0.2, 0.25) is 0 Å². The summed E-state index contributed by atoms with van der Waals surface area (Å²) in [4.78, 5) is 31.1. The number of benzene rings is 1. The second-order valence-corrected chi connectivity index (χ2v) is 9.75. The fraction of sp³-hybridized carbons (Fsp3) is 0.538. The highest BCUT2D eigenvalue weighted by atomic mass is 19.1. The van der Waals surface area contributed by atoms with Crippen molar-refractivity contribution in [2.24, 2.45) is 17.8 Å². The highest BCUT2D eigenvalue weighted by molar-refractivity contribution is 5.99. The predicted octanol–water partition coefficient (Wildman–Crippen LogP) is 2.92. The number of aromatic amines is 1. The van der Waals surface area contributed by atoms with Crippen molar-refractivity contribution in [2.45, 2.75) is 51.7 Å². The first-order valence-electron chi connectivity index (χ1n) is 12.5. The number of amides is 1. The Morgan fingerprint density at radius 3 is 2.38 bits per heavy atom. The van der Waals surface area contributed by atoms with E-state index in [1.165, 1.54) is 31.2 Å². The fourth-order valence-electron chi connectivity index (χ4n) is 4.73. The summed E-state index contributed by atoms with van der Waals surface area (Å²) in [5.74, 6) is -0.298. The zero-order chi connectivity index (χ0) is 26.9. The third-order valence-electron chi connectivity index (χ3n) is 6.58. The molecule has 1 aromatic heterocycles. The van der Waals surface area contributed by atoms with E-state index in [2.05, 4.69) is 20.8 Å². The second kappa shape index (κ2) is 13.3. The van der Waals surface area contributed by atoms with Gasteiger partial charge >= 0.3 is 0 Å². The van der Waals surface area contributed by atoms with E-state index in [4.69, 9.17) is 24.5 Å². The lowest BCUT2D eigenvalue weighted by atomic mass is 9.77. The number of hydrogen-bond acceptors (Lipinski definition) is 6. The average molecular weight is 519 g/mol. The molecule has 10 nitrogen and oxygen atoms in total. The first-order chi connectivity index (χ1) is 17.6. The Labute approximate surface area is 215 Å². The van der Waals surface area contributed by atoms with E-state index in [0.717, 1.165) is 46.4 Å². The van der Waals surface area contributed by atoms with Crippen LogP contribution >= 0.6 is 0 Å². The molecule has 2 heterocycles. The molecule has 2 saturated carbocycles. The summed E-state index contributed by atoms with van der Waals surface area (Å²) in [6.07, 6.45) is 5.97. The molecule has 202 valence electrons. The Bertz CT molecular complexity index is 1050. The summed E-state index contributed by atoms with van der Waals surface area (Å²) in [5, 5.41) is 28.4. The molecular weight excluding hydrogens is 483 g/mol. The molecule has 1 saturated heterocycles. The molecule has 5 N–H and O–H groups in total. The SMILES string of the molecule is CC(=O)O.CC(=O)O.O=C(N[C@H]1C[C@H]2CNC[C@H]2C[C@@H]1OCC1CC1)c1cn[nH]c1-c1cccc(F)c1. The van der Waals surface area contributed by atoms with Crippen molar-refractivity contribution in [3.05, 3.63) is 41.8 Å². The highest BCUT2D eigenvalue weighted by Crippen LogP contribution is 2.36. The largest absolute Gasteiger partial charge is 0.481 e. The second-order valence-electron chi connectivity index (χ2n) is 9.75. The van der Waals surface area contributed by atoms with Crippen molar-refractivity contribution < 1.29 is 33.7 Å². The number of aromatic nitrogens is 2. The van der Waals surface area contributed by atoms with Gasteiger partial charge in [0.15, 0.2) is 0 Å². The third kappa shape index (κ3) is 8.94. The molecular formula is C26H35FN4O6. The lowest BCUT2D eigenvalue weighted by Crippen LogP contribution is -2.50. The molecule has 1 aromatic carbocycles. The van der Waals surface area contributed by atoms with E-state index in [1.807, 2.05) is 0 Å². The molecule has 0 radical (unpaired) electrons. The number of carboxylic acid groups (broad SMARTS) is 2. The zero-order valence-corrected chi connectivity index (χ0v) is 21.1. The van der Waals surface area contributed by atoms with Gasteiger partial charge in [-0.05, 0) is 68.7 Å². The number of H-pyrrole nitrogens is 1. The van der Waals surface area contributed by atoms with Crippen molar-refractivity contribution in [3.8, 4) is 11.3 Å². The molecule has 37 heavy (non-hydrogen) atoms. The molecule has 4 atom stereocenters. The Balaban J connectivity index is 0.000000420. The van der Waals surface area contributed by atoms with Gasteiger partial charge in [-0.15, -0.1) is 0 Å². The van der Waals surface area contributed by atoms with Crippen molar-refractivity contribution in [1.82, 2.24) is 20.8 Å². The van der Waals surface area contributed by atoms with Gasteiger partial charge in [0.25, 0.3) is 17.8 Å². The van der Waals surface area contributed by atoms with Crippen molar-refractivity contribution >= 4 is 17.8 Å². The average Bonchev–Trinajstić information content (AvgIpc) is 3.31. The van der Waals surface area contributed by atoms with E-state index in [9.17, 15) is 9.18 Å². The third-order valence-corrected chi connectivity index (χ3v) is 6.58. The number of carbonyl (C=O) groups is 3. The van der Waals surface area contributed by atoms with Crippen LogP contribution in [0.4, 0.5) is 4.39 Å². The number of rotatable bonds is 6. The Morgan fingerprint density at radius 1 is 1.11 bits per heavy atom. The van der Waals surface area contributed by atoms with Crippen LogP contribution in [0.25, 0.3) is 11.3 Å². The summed E-state index contributed by atoms with van der Waals surface area (Å²) in [6, 6.07) is 6.17. The molecule has 1 aliphatic heterocycles. The van der Waals surface area contributed by atoms with Crippen LogP contribution < -0.4 is 10.6 Å². The summed E-state index contributed by atoms with van der Waals surface area (Å²) >= 11 is 0. The van der Waals surface area contributed by atoms with E-state index in [0.29, 0.717) is 34.6 Å². The number of aliphatic carboxylic acids is 2. The summed E-state index contributed by atoms with van der Waals surface area (Å²) < 4.78 is 19.9. The van der Waals surface area contributed by atoms with Crippen molar-refractivity contribution in [3.63, 3.8) is 0 Å². The Kier molecular flexibility index (Phi) is 10.2. The van der Waals surface area contributed by atoms with Gasteiger partial charge in [-0.1, -0.05) is 12.1 Å². The summed E-state index contributed by atoms with van der Waals surface area (Å²) in [6.45, 7) is 5.01. The van der Waals surface area contributed by atoms with Crippen LogP contribution in [-0.4, -0.2) is 70.1 Å². The maximum atomic E-state index is 13.6. The van der Waals surface area contributed by atoms with Crippen LogP contribution in [-0.2, 0) is 14.3 Å². The Morgan fingerprint density at radius 2 is 1.76 bits per heavy atom. The minimum absolute atomic E-state index is 0.0161. The minimum Gasteiger partial charge on any atom is -0.481 e. The van der Waals surface area contributed by atoms with Gasteiger partial charge < -0.3 is 25.6 Å². The maximum absolute atomic E-state index is 13.6. The highest BCUT2D eigenvalue weighted by Gasteiger charge is 2.41. The minimum atomic E-state index is -0.833. The molecule has 3 fully saturated rings. The molecule has 3 aliphatic rings. The van der Waals surface area contributed by atoms with Crippen LogP contribution in [0.5, 0.6) is 0 Å². The number of nitrogens with zero attached hydrogens (tertiary/aromatic N) is 1. The molecule has 2 aliphatic carbocycles. The molecule has 0 spiro atoms. The van der Waals surface area contributed by atoms with E-state index in [1.54, 1.807) is 12.1 Å². The van der Waals surface area contributed by atoms with Crippen LogP contribution in [0.1, 0.15) is 49.9 Å². The lowest BCUT2D eigenvalue weighted by molar-refractivity contribution is -0.135. The number of nitrogens with one attached hydrogen (secondary N) is 3. The molecule has 0 unspecified atom stereocenters. The smallest absolute Gasteiger partial charge is 0.300 e. The number of carbonyl (C=O) groups excluding carboxylic acids is 1. The van der Waals surface area contributed by atoms with Gasteiger partial charge in [0.1, 0.15) is 5.82 Å². The molecule has 1 amide bonds. The van der Waals surface area contributed by atoms with Gasteiger partial charge in [0, 0.05) is 26.0 Å². The number of hydrogen-bond donors (Lipinski definition) is 5. The molecule has 2 aromatic rings. The van der Waals surface area contributed by atoms with Crippen molar-refractivity contribution in [1.29, 1.82) is 0 Å². The van der Waals surface area contributed by atoms with Gasteiger partial charge in [0.05, 0.1) is 29.6 Å². The monoisotopic (exact) mass is 518 g/mol. The van der Waals surface area contributed by atoms with Crippen LogP contribution in [0.15, 0.2) is 30.5 Å². The Hall–Kier alpha value is -3.31. The van der Waals surface area contributed by atoms with Crippen LogP contribution in [0.2, 0.25) is 0 Å². The summed E-state index contributed by atoms with van der Waals surface area (Å²) in [5.41, 5.74) is 1.58.